The molecule has 1 amide bonds. The van der Waals surface area contributed by atoms with Gasteiger partial charge in [-0.1, -0.05) is 28.1 Å². The molecule has 0 aliphatic carbocycles. The molecule has 0 saturated carbocycles. The van der Waals surface area contributed by atoms with Crippen molar-refractivity contribution in [2.24, 2.45) is 5.10 Å². The Kier molecular flexibility index (Phi) is 5.55. The zero-order valence-corrected chi connectivity index (χ0v) is 16.9. The van der Waals surface area contributed by atoms with Gasteiger partial charge >= 0.3 is 0 Å². The number of methoxy groups -OCH3 is 3. The molecule has 2 aromatic carbocycles. The number of ether oxygens (including phenoxy) is 4. The van der Waals surface area contributed by atoms with Gasteiger partial charge < -0.3 is 18.9 Å². The summed E-state index contributed by atoms with van der Waals surface area (Å²) in [7, 11) is 4.60. The minimum absolute atomic E-state index is 0.234. The van der Waals surface area contributed by atoms with Crippen LogP contribution in [0.1, 0.15) is 24.3 Å². The van der Waals surface area contributed by atoms with Crippen molar-refractivity contribution in [1.29, 1.82) is 0 Å². The average molecular weight is 435 g/mol. The Labute approximate surface area is 165 Å². The standard InChI is InChI=1S/C19H19BrN2O5/c1-11(23)22-19(12-6-5-7-14(20)8-12)27-18(21-22)13-9-15(24-2)17(26-4)16(10-13)25-3/h5-10,19H,1-4H3/t19-/m0/s1. The SMILES string of the molecule is COc1cc(C2=NN(C(C)=O)[C@H](c3cccc(Br)c3)O2)cc(OC)c1OC. The Morgan fingerprint density at radius 2 is 1.78 bits per heavy atom. The third-order valence-corrected chi connectivity index (χ3v) is 4.51. The van der Waals surface area contributed by atoms with Crippen LogP contribution >= 0.6 is 15.9 Å². The van der Waals surface area contributed by atoms with Crippen LogP contribution < -0.4 is 14.2 Å². The molecule has 1 aliphatic heterocycles. The molecule has 27 heavy (non-hydrogen) atoms. The second kappa shape index (κ2) is 7.87. The molecule has 0 unspecified atom stereocenters. The Morgan fingerprint density at radius 3 is 2.30 bits per heavy atom. The summed E-state index contributed by atoms with van der Waals surface area (Å²) in [5, 5.41) is 5.67. The number of hydrogen-bond acceptors (Lipinski definition) is 6. The molecular weight excluding hydrogens is 416 g/mol. The minimum Gasteiger partial charge on any atom is -0.493 e. The fourth-order valence-electron chi connectivity index (χ4n) is 2.76. The van der Waals surface area contributed by atoms with Crippen molar-refractivity contribution in [3.63, 3.8) is 0 Å². The van der Waals surface area contributed by atoms with Gasteiger partial charge in [-0.2, -0.15) is 5.01 Å². The van der Waals surface area contributed by atoms with E-state index in [4.69, 9.17) is 18.9 Å². The fraction of sp³-hybridized carbons (Fsp3) is 0.263. The van der Waals surface area contributed by atoms with Gasteiger partial charge in [0.15, 0.2) is 11.5 Å². The molecule has 7 nitrogen and oxygen atoms in total. The van der Waals surface area contributed by atoms with E-state index in [-0.39, 0.29) is 11.8 Å². The van der Waals surface area contributed by atoms with E-state index in [0.29, 0.717) is 22.8 Å². The molecule has 0 fully saturated rings. The predicted molar refractivity (Wildman–Crippen MR) is 103 cm³/mol. The highest BCUT2D eigenvalue weighted by molar-refractivity contribution is 9.10. The Balaban J connectivity index is 2.02. The van der Waals surface area contributed by atoms with E-state index in [1.165, 1.54) is 33.3 Å². The summed E-state index contributed by atoms with van der Waals surface area (Å²) in [6.45, 7) is 1.44. The average Bonchev–Trinajstić information content (AvgIpc) is 3.12. The number of nitrogens with zero attached hydrogens (tertiary/aromatic N) is 2. The van der Waals surface area contributed by atoms with E-state index in [1.54, 1.807) is 12.1 Å². The number of rotatable bonds is 5. The van der Waals surface area contributed by atoms with E-state index in [1.807, 2.05) is 24.3 Å². The zero-order chi connectivity index (χ0) is 19.6. The van der Waals surface area contributed by atoms with Crippen molar-refractivity contribution in [2.45, 2.75) is 13.2 Å². The van der Waals surface area contributed by atoms with Gasteiger partial charge in [-0.3, -0.25) is 4.79 Å². The summed E-state index contributed by atoms with van der Waals surface area (Å²) in [4.78, 5) is 12.1. The molecule has 0 bridgehead atoms. The number of benzene rings is 2. The number of carbonyl (C=O) groups excluding carboxylic acids is 1. The van der Waals surface area contributed by atoms with Gasteiger partial charge in [-0.15, -0.1) is 5.10 Å². The maximum Gasteiger partial charge on any atom is 0.243 e. The second-order valence-corrected chi connectivity index (χ2v) is 6.62. The number of hydrogen-bond donors (Lipinski definition) is 0. The van der Waals surface area contributed by atoms with Crippen LogP contribution in [0, 0.1) is 0 Å². The van der Waals surface area contributed by atoms with E-state index >= 15 is 0 Å². The maximum absolute atomic E-state index is 12.1. The van der Waals surface area contributed by atoms with Gasteiger partial charge in [0.1, 0.15) is 0 Å². The van der Waals surface area contributed by atoms with Crippen molar-refractivity contribution in [1.82, 2.24) is 5.01 Å². The van der Waals surface area contributed by atoms with E-state index < -0.39 is 6.23 Å². The van der Waals surface area contributed by atoms with Crippen LogP contribution in [0.5, 0.6) is 17.2 Å². The van der Waals surface area contributed by atoms with E-state index in [0.717, 1.165) is 10.0 Å². The summed E-state index contributed by atoms with van der Waals surface area (Å²) in [5.74, 6) is 1.46. The number of carbonyl (C=O) groups is 1. The van der Waals surface area contributed by atoms with E-state index in [9.17, 15) is 4.79 Å². The van der Waals surface area contributed by atoms with Crippen LogP contribution in [0.4, 0.5) is 0 Å². The first-order valence-electron chi connectivity index (χ1n) is 8.09. The van der Waals surface area contributed by atoms with Crippen LogP contribution in [0.3, 0.4) is 0 Å². The van der Waals surface area contributed by atoms with Gasteiger partial charge in [-0.25, -0.2) is 0 Å². The third-order valence-electron chi connectivity index (χ3n) is 4.01. The molecule has 0 aromatic heterocycles. The number of halogens is 1. The number of hydrazone groups is 1. The van der Waals surface area contributed by atoms with Crippen LogP contribution in [-0.2, 0) is 9.53 Å². The maximum atomic E-state index is 12.1. The largest absolute Gasteiger partial charge is 0.493 e. The van der Waals surface area contributed by atoms with Crippen molar-refractivity contribution >= 4 is 27.7 Å². The topological polar surface area (TPSA) is 69.6 Å². The summed E-state index contributed by atoms with van der Waals surface area (Å²) in [5.41, 5.74) is 1.40. The monoisotopic (exact) mass is 434 g/mol. The van der Waals surface area contributed by atoms with Crippen molar-refractivity contribution in [3.8, 4) is 17.2 Å². The van der Waals surface area contributed by atoms with Crippen LogP contribution in [0.25, 0.3) is 0 Å². The van der Waals surface area contributed by atoms with E-state index in [2.05, 4.69) is 21.0 Å². The highest BCUT2D eigenvalue weighted by Crippen LogP contribution is 2.40. The molecule has 3 rings (SSSR count). The van der Waals surface area contributed by atoms with Crippen LogP contribution in [-0.4, -0.2) is 38.1 Å². The van der Waals surface area contributed by atoms with Gasteiger partial charge in [0.2, 0.25) is 23.8 Å². The number of amides is 1. The Bertz CT molecular complexity index is 874. The summed E-state index contributed by atoms with van der Waals surface area (Å²) < 4.78 is 23.0. The molecular formula is C19H19BrN2O5. The first-order chi connectivity index (χ1) is 13.0. The summed E-state index contributed by atoms with van der Waals surface area (Å²) in [6.07, 6.45) is -0.658. The van der Waals surface area contributed by atoms with Gasteiger partial charge in [-0.05, 0) is 24.3 Å². The van der Waals surface area contributed by atoms with Crippen LogP contribution in [0.15, 0.2) is 46.0 Å². The first-order valence-corrected chi connectivity index (χ1v) is 8.88. The Morgan fingerprint density at radius 1 is 1.11 bits per heavy atom. The predicted octanol–water partition coefficient (Wildman–Crippen LogP) is 3.71. The lowest BCUT2D eigenvalue weighted by molar-refractivity contribution is -0.135. The summed E-state index contributed by atoms with van der Waals surface area (Å²) >= 11 is 3.44. The van der Waals surface area contributed by atoms with Crippen molar-refractivity contribution in [2.75, 3.05) is 21.3 Å². The zero-order valence-electron chi connectivity index (χ0n) is 15.4. The lowest BCUT2D eigenvalue weighted by atomic mass is 10.1. The third kappa shape index (κ3) is 3.71. The lowest BCUT2D eigenvalue weighted by Gasteiger charge is -2.19. The molecule has 142 valence electrons. The molecule has 8 heteroatoms. The highest BCUT2D eigenvalue weighted by Gasteiger charge is 2.34. The fourth-order valence-corrected chi connectivity index (χ4v) is 3.18. The quantitative estimate of drug-likeness (QED) is 0.716. The molecule has 0 saturated heterocycles. The molecule has 1 aliphatic rings. The first kappa shape index (κ1) is 19.0. The second-order valence-electron chi connectivity index (χ2n) is 5.71. The lowest BCUT2D eigenvalue weighted by Crippen LogP contribution is -2.25. The molecule has 0 spiro atoms. The molecule has 1 heterocycles. The van der Waals surface area contributed by atoms with Crippen molar-refractivity contribution < 1.29 is 23.7 Å². The summed E-state index contributed by atoms with van der Waals surface area (Å²) in [6, 6.07) is 11.0. The van der Waals surface area contributed by atoms with Gasteiger partial charge in [0, 0.05) is 22.5 Å². The minimum atomic E-state index is -0.658. The molecule has 0 N–H and O–H groups in total. The normalized spacial score (nSPS) is 15.8. The molecule has 0 radical (unpaired) electrons. The molecule has 1 atom stereocenters. The van der Waals surface area contributed by atoms with Crippen molar-refractivity contribution in [3.05, 3.63) is 52.0 Å². The van der Waals surface area contributed by atoms with Gasteiger partial charge in [0.25, 0.3) is 0 Å². The highest BCUT2D eigenvalue weighted by atomic mass is 79.9. The Hall–Kier alpha value is -2.74. The molecule has 2 aromatic rings. The smallest absolute Gasteiger partial charge is 0.243 e. The van der Waals surface area contributed by atoms with Gasteiger partial charge in [0.05, 0.1) is 21.3 Å². The van der Waals surface area contributed by atoms with Crippen LogP contribution in [0.2, 0.25) is 0 Å².